The maximum atomic E-state index is 12.4. The Morgan fingerprint density at radius 2 is 1.82 bits per heavy atom. The highest BCUT2D eigenvalue weighted by Crippen LogP contribution is 2.32. The Balaban J connectivity index is 1.70. The summed E-state index contributed by atoms with van der Waals surface area (Å²) in [4.78, 5) is 4.28. The number of methoxy groups -OCH3 is 2. The van der Waals surface area contributed by atoms with Crippen LogP contribution in [0.25, 0.3) is 11.4 Å². The highest BCUT2D eigenvalue weighted by molar-refractivity contribution is 6.32. The molecule has 0 radical (unpaired) electrons. The molecule has 0 aliphatic carbocycles. The number of alkyl halides is 2. The fraction of sp³-hybridized carbons (Fsp3) is 0.222. The summed E-state index contributed by atoms with van der Waals surface area (Å²) in [5.41, 5.74) is 1.28. The second kappa shape index (κ2) is 8.75. The van der Waals surface area contributed by atoms with Crippen LogP contribution in [0.3, 0.4) is 0 Å². The van der Waals surface area contributed by atoms with Crippen molar-refractivity contribution in [3.8, 4) is 28.6 Å². The number of rotatable bonds is 8. The zero-order valence-corrected chi connectivity index (χ0v) is 15.7. The molecule has 0 aliphatic rings. The molecule has 10 heteroatoms. The number of halogens is 3. The Labute approximate surface area is 164 Å². The number of ether oxygens (including phenoxy) is 3. The van der Waals surface area contributed by atoms with E-state index in [4.69, 9.17) is 25.6 Å². The van der Waals surface area contributed by atoms with Crippen molar-refractivity contribution >= 4 is 17.3 Å². The molecule has 0 saturated heterocycles. The van der Waals surface area contributed by atoms with Gasteiger partial charge in [-0.25, -0.2) is 0 Å². The van der Waals surface area contributed by atoms with Gasteiger partial charge in [-0.05, 0) is 36.4 Å². The van der Waals surface area contributed by atoms with Gasteiger partial charge in [0.2, 0.25) is 11.7 Å². The molecule has 3 aromatic rings. The van der Waals surface area contributed by atoms with E-state index in [1.54, 1.807) is 18.2 Å². The van der Waals surface area contributed by atoms with Crippen LogP contribution in [-0.4, -0.2) is 31.0 Å². The Morgan fingerprint density at radius 3 is 2.50 bits per heavy atom. The van der Waals surface area contributed by atoms with Gasteiger partial charge in [-0.2, -0.15) is 13.8 Å². The van der Waals surface area contributed by atoms with Crippen molar-refractivity contribution in [3.63, 3.8) is 0 Å². The molecule has 0 spiro atoms. The monoisotopic (exact) mass is 411 g/mol. The minimum Gasteiger partial charge on any atom is -0.495 e. The van der Waals surface area contributed by atoms with Gasteiger partial charge < -0.3 is 24.1 Å². The van der Waals surface area contributed by atoms with Gasteiger partial charge in [0.25, 0.3) is 0 Å². The van der Waals surface area contributed by atoms with Crippen molar-refractivity contribution in [1.82, 2.24) is 10.1 Å². The molecular weight excluding hydrogens is 396 g/mol. The lowest BCUT2D eigenvalue weighted by Crippen LogP contribution is -2.03. The molecule has 3 rings (SSSR count). The lowest BCUT2D eigenvalue weighted by Gasteiger charge is -2.10. The van der Waals surface area contributed by atoms with E-state index in [-0.39, 0.29) is 23.9 Å². The molecule has 1 heterocycles. The highest BCUT2D eigenvalue weighted by Gasteiger charge is 2.15. The molecule has 0 unspecified atom stereocenters. The average molecular weight is 412 g/mol. The van der Waals surface area contributed by atoms with Crippen LogP contribution in [-0.2, 0) is 6.54 Å². The lowest BCUT2D eigenvalue weighted by molar-refractivity contribution is -0.0512. The highest BCUT2D eigenvalue weighted by atomic mass is 35.5. The van der Waals surface area contributed by atoms with Crippen molar-refractivity contribution < 1.29 is 27.5 Å². The number of aromatic nitrogens is 2. The van der Waals surface area contributed by atoms with E-state index < -0.39 is 6.61 Å². The lowest BCUT2D eigenvalue weighted by atomic mass is 10.2. The predicted octanol–water partition coefficient (Wildman–Crippen LogP) is 4.62. The number of nitrogens with zero attached hydrogens (tertiary/aromatic N) is 2. The fourth-order valence-corrected chi connectivity index (χ4v) is 2.66. The van der Waals surface area contributed by atoms with Crippen LogP contribution in [0.15, 0.2) is 40.9 Å². The molecule has 148 valence electrons. The Kier molecular flexibility index (Phi) is 6.15. The third-order valence-corrected chi connectivity index (χ3v) is 4.00. The molecule has 0 saturated carbocycles. The minimum absolute atomic E-state index is 0.0805. The summed E-state index contributed by atoms with van der Waals surface area (Å²) in [6.07, 6.45) is 0. The van der Waals surface area contributed by atoms with Gasteiger partial charge in [-0.15, -0.1) is 0 Å². The average Bonchev–Trinajstić information content (AvgIpc) is 3.15. The second-order valence-corrected chi connectivity index (χ2v) is 5.87. The standard InChI is InChI=1S/C18H16ClF2N3O4/c1-25-13-6-4-11(8-12(13)19)22-9-16-23-17(24-28-16)10-3-5-14(27-18(20)21)15(7-10)26-2/h3-8,18,22H,9H2,1-2H3. The summed E-state index contributed by atoms with van der Waals surface area (Å²) in [6, 6.07) is 9.63. The summed E-state index contributed by atoms with van der Waals surface area (Å²) in [5, 5.41) is 7.47. The van der Waals surface area contributed by atoms with Crippen LogP contribution in [0, 0.1) is 0 Å². The van der Waals surface area contributed by atoms with Crippen molar-refractivity contribution in [2.45, 2.75) is 13.2 Å². The quantitative estimate of drug-likeness (QED) is 0.579. The van der Waals surface area contributed by atoms with Gasteiger partial charge in [0, 0.05) is 11.3 Å². The molecule has 0 fully saturated rings. The largest absolute Gasteiger partial charge is 0.495 e. The molecular formula is C18H16ClF2N3O4. The molecule has 1 aromatic heterocycles. The maximum absolute atomic E-state index is 12.4. The van der Waals surface area contributed by atoms with Crippen molar-refractivity contribution in [1.29, 1.82) is 0 Å². The van der Waals surface area contributed by atoms with Crippen molar-refractivity contribution in [2.75, 3.05) is 19.5 Å². The van der Waals surface area contributed by atoms with Gasteiger partial charge >= 0.3 is 6.61 Å². The predicted molar refractivity (Wildman–Crippen MR) is 98.2 cm³/mol. The number of hydrogen-bond acceptors (Lipinski definition) is 7. The first kappa shape index (κ1) is 19.7. The van der Waals surface area contributed by atoms with Crippen LogP contribution in [0.5, 0.6) is 17.2 Å². The van der Waals surface area contributed by atoms with Crippen LogP contribution in [0.4, 0.5) is 14.5 Å². The zero-order valence-electron chi connectivity index (χ0n) is 14.9. The molecule has 1 N–H and O–H groups in total. The van der Waals surface area contributed by atoms with E-state index in [0.717, 1.165) is 5.69 Å². The third kappa shape index (κ3) is 4.61. The number of hydrogen-bond donors (Lipinski definition) is 1. The van der Waals surface area contributed by atoms with Gasteiger partial charge in [0.05, 0.1) is 25.8 Å². The van der Waals surface area contributed by atoms with Gasteiger partial charge in [0.1, 0.15) is 5.75 Å². The summed E-state index contributed by atoms with van der Waals surface area (Å²) in [5.74, 6) is 1.24. The van der Waals surface area contributed by atoms with Crippen LogP contribution in [0.1, 0.15) is 5.89 Å². The number of anilines is 1. The van der Waals surface area contributed by atoms with Crippen LogP contribution >= 0.6 is 11.6 Å². The Morgan fingerprint density at radius 1 is 1.07 bits per heavy atom. The Bertz CT molecular complexity index is 952. The summed E-state index contributed by atoms with van der Waals surface area (Å²) in [7, 11) is 2.89. The van der Waals surface area contributed by atoms with E-state index in [9.17, 15) is 8.78 Å². The molecule has 2 aromatic carbocycles. The summed E-state index contributed by atoms with van der Waals surface area (Å²) >= 11 is 6.08. The van der Waals surface area contributed by atoms with E-state index in [1.165, 1.54) is 32.4 Å². The van der Waals surface area contributed by atoms with E-state index in [1.807, 2.05) is 0 Å². The first-order valence-corrected chi connectivity index (χ1v) is 8.41. The maximum Gasteiger partial charge on any atom is 0.387 e. The van der Waals surface area contributed by atoms with Gasteiger partial charge in [-0.1, -0.05) is 16.8 Å². The van der Waals surface area contributed by atoms with Crippen molar-refractivity contribution in [2.24, 2.45) is 0 Å². The first-order chi connectivity index (χ1) is 13.5. The normalized spacial score (nSPS) is 10.8. The topological polar surface area (TPSA) is 78.6 Å². The summed E-state index contributed by atoms with van der Waals surface area (Å²) in [6.45, 7) is -2.69. The molecule has 7 nitrogen and oxygen atoms in total. The first-order valence-electron chi connectivity index (χ1n) is 8.03. The van der Waals surface area contributed by atoms with Crippen molar-refractivity contribution in [3.05, 3.63) is 47.3 Å². The van der Waals surface area contributed by atoms with Crippen LogP contribution < -0.4 is 19.5 Å². The minimum atomic E-state index is -2.95. The van der Waals surface area contributed by atoms with Crippen LogP contribution in [0.2, 0.25) is 5.02 Å². The molecule has 0 amide bonds. The summed E-state index contributed by atoms with van der Waals surface area (Å²) < 4.78 is 44.6. The molecule has 0 atom stereocenters. The smallest absolute Gasteiger partial charge is 0.387 e. The number of nitrogens with one attached hydrogen (secondary N) is 1. The third-order valence-electron chi connectivity index (χ3n) is 3.70. The molecule has 0 bridgehead atoms. The van der Waals surface area contributed by atoms with Gasteiger partial charge in [0.15, 0.2) is 11.5 Å². The van der Waals surface area contributed by atoms with Gasteiger partial charge in [-0.3, -0.25) is 0 Å². The zero-order chi connectivity index (χ0) is 20.1. The molecule has 0 aliphatic heterocycles. The fourth-order valence-electron chi connectivity index (χ4n) is 2.40. The number of benzene rings is 2. The SMILES string of the molecule is COc1ccc(NCc2nc(-c3ccc(OC(F)F)c(OC)c3)no2)cc1Cl. The molecule has 28 heavy (non-hydrogen) atoms. The second-order valence-electron chi connectivity index (χ2n) is 5.46. The van der Waals surface area contributed by atoms with E-state index in [2.05, 4.69) is 20.2 Å². The van der Waals surface area contributed by atoms with E-state index in [0.29, 0.717) is 22.2 Å². The Hall–Kier alpha value is -3.07. The van der Waals surface area contributed by atoms with E-state index >= 15 is 0 Å².